The molecule has 2 N–H and O–H groups in total. The first-order valence-electron chi connectivity index (χ1n) is 9.92. The number of aliphatic hydroxyl groups is 1. The van der Waals surface area contributed by atoms with Crippen LogP contribution in [-0.4, -0.2) is 41.2 Å². The molecule has 1 saturated heterocycles. The monoisotopic (exact) mass is 407 g/mol. The Morgan fingerprint density at radius 3 is 2.72 bits per heavy atom. The molecule has 0 spiro atoms. The third-order valence-corrected chi connectivity index (χ3v) is 5.74. The van der Waals surface area contributed by atoms with E-state index in [0.29, 0.717) is 24.2 Å². The van der Waals surface area contributed by atoms with E-state index < -0.39 is 17.8 Å². The number of hydrogen-bond donors (Lipinski definition) is 2. The van der Waals surface area contributed by atoms with E-state index >= 15 is 0 Å². The summed E-state index contributed by atoms with van der Waals surface area (Å²) in [6.07, 6.45) is -1.59. The molecule has 1 aliphatic heterocycles. The molecular weight excluding hydrogens is 383 g/mol. The van der Waals surface area contributed by atoms with Crippen molar-refractivity contribution < 1.29 is 23.1 Å². The number of aromatic nitrogens is 1. The Bertz CT molecular complexity index is 914. The van der Waals surface area contributed by atoms with E-state index in [1.54, 1.807) is 12.1 Å². The van der Waals surface area contributed by atoms with Gasteiger partial charge in [0.1, 0.15) is 6.10 Å². The molecule has 4 rings (SSSR count). The van der Waals surface area contributed by atoms with E-state index in [-0.39, 0.29) is 29.3 Å². The van der Waals surface area contributed by atoms with Gasteiger partial charge in [-0.1, -0.05) is 6.92 Å². The van der Waals surface area contributed by atoms with Crippen molar-refractivity contribution in [3.8, 4) is 0 Å². The molecule has 1 aromatic carbocycles. The van der Waals surface area contributed by atoms with Gasteiger partial charge in [-0.25, -0.2) is 0 Å². The molecule has 2 aromatic rings. The smallest absolute Gasteiger partial charge is 0.383 e. The Kier molecular flexibility index (Phi) is 5.14. The lowest BCUT2D eigenvalue weighted by molar-refractivity contribution is -0.136. The van der Waals surface area contributed by atoms with Gasteiger partial charge in [-0.3, -0.25) is 9.78 Å². The predicted octanol–water partition coefficient (Wildman–Crippen LogP) is 3.36. The number of carbonyl (C=O) groups is 1. The molecule has 0 bridgehead atoms. The van der Waals surface area contributed by atoms with Crippen molar-refractivity contribution in [2.24, 2.45) is 11.8 Å². The number of halogens is 3. The highest BCUT2D eigenvalue weighted by atomic mass is 19.4. The largest absolute Gasteiger partial charge is 0.418 e. The van der Waals surface area contributed by atoms with Gasteiger partial charge in [0.15, 0.2) is 0 Å². The number of benzene rings is 1. The highest BCUT2D eigenvalue weighted by Gasteiger charge is 2.37. The van der Waals surface area contributed by atoms with Crippen LogP contribution in [0.25, 0.3) is 10.9 Å². The quantitative estimate of drug-likeness (QED) is 0.816. The Labute approximate surface area is 166 Å². The molecule has 5 nitrogen and oxygen atoms in total. The van der Waals surface area contributed by atoms with Crippen LogP contribution in [0.1, 0.15) is 31.7 Å². The number of piperidine rings is 1. The van der Waals surface area contributed by atoms with Crippen LogP contribution < -0.4 is 10.2 Å². The number of pyridine rings is 1. The van der Waals surface area contributed by atoms with Gasteiger partial charge in [-0.2, -0.15) is 13.2 Å². The van der Waals surface area contributed by atoms with Crippen LogP contribution in [0.4, 0.5) is 18.9 Å². The van der Waals surface area contributed by atoms with Gasteiger partial charge in [-0.15, -0.1) is 0 Å². The fourth-order valence-electron chi connectivity index (χ4n) is 4.23. The van der Waals surface area contributed by atoms with Gasteiger partial charge in [0, 0.05) is 36.4 Å². The van der Waals surface area contributed by atoms with Crippen LogP contribution >= 0.6 is 0 Å². The number of nitrogens with zero attached hydrogens (tertiary/aromatic N) is 2. The van der Waals surface area contributed by atoms with Gasteiger partial charge >= 0.3 is 6.18 Å². The Balaban J connectivity index is 1.60. The highest BCUT2D eigenvalue weighted by molar-refractivity contribution is 5.94. The summed E-state index contributed by atoms with van der Waals surface area (Å²) in [5.74, 6) is -0.0660. The first-order valence-corrected chi connectivity index (χ1v) is 9.92. The van der Waals surface area contributed by atoms with Crippen molar-refractivity contribution >= 4 is 22.5 Å². The molecule has 2 aliphatic rings. The van der Waals surface area contributed by atoms with Crippen molar-refractivity contribution in [3.05, 3.63) is 36.0 Å². The number of carbonyl (C=O) groups excluding carboxylic acids is 1. The maximum atomic E-state index is 13.4. The second kappa shape index (κ2) is 7.48. The number of rotatable bonds is 4. The average Bonchev–Trinajstić information content (AvgIpc) is 3.50. The Hall–Kier alpha value is -2.35. The zero-order chi connectivity index (χ0) is 20.8. The molecule has 0 radical (unpaired) electrons. The van der Waals surface area contributed by atoms with Crippen molar-refractivity contribution in [1.29, 1.82) is 0 Å². The second-order valence-corrected chi connectivity index (χ2v) is 8.26. The molecule has 1 aliphatic carbocycles. The number of fused-ring (bicyclic) bond motifs is 1. The Morgan fingerprint density at radius 2 is 2.03 bits per heavy atom. The van der Waals surface area contributed by atoms with Gasteiger partial charge in [0.25, 0.3) is 0 Å². The zero-order valence-electron chi connectivity index (χ0n) is 16.1. The van der Waals surface area contributed by atoms with Crippen molar-refractivity contribution in [2.45, 2.75) is 44.5 Å². The number of aliphatic hydroxyl groups excluding tert-OH is 1. The summed E-state index contributed by atoms with van der Waals surface area (Å²) in [5.41, 5.74) is -0.144. The predicted molar refractivity (Wildman–Crippen MR) is 103 cm³/mol. The minimum Gasteiger partial charge on any atom is -0.383 e. The first kappa shape index (κ1) is 19.9. The van der Waals surface area contributed by atoms with Gasteiger partial charge in [-0.05, 0) is 55.4 Å². The number of hydrogen-bond acceptors (Lipinski definition) is 4. The van der Waals surface area contributed by atoms with E-state index in [1.165, 1.54) is 12.3 Å². The van der Waals surface area contributed by atoms with Gasteiger partial charge in [0.2, 0.25) is 5.91 Å². The molecule has 1 saturated carbocycles. The number of amides is 1. The number of alkyl halides is 3. The van der Waals surface area contributed by atoms with Gasteiger partial charge < -0.3 is 15.3 Å². The lowest BCUT2D eigenvalue weighted by Gasteiger charge is -2.39. The van der Waals surface area contributed by atoms with Crippen molar-refractivity contribution in [2.75, 3.05) is 18.0 Å². The fraction of sp³-hybridized carbons (Fsp3) is 0.524. The highest BCUT2D eigenvalue weighted by Crippen LogP contribution is 2.38. The van der Waals surface area contributed by atoms with Crippen molar-refractivity contribution in [1.82, 2.24) is 10.3 Å². The summed E-state index contributed by atoms with van der Waals surface area (Å²) in [7, 11) is 0. The fourth-order valence-corrected chi connectivity index (χ4v) is 4.23. The summed E-state index contributed by atoms with van der Waals surface area (Å²) >= 11 is 0. The minimum atomic E-state index is -4.48. The van der Waals surface area contributed by atoms with Crippen LogP contribution in [0.5, 0.6) is 0 Å². The molecule has 3 atom stereocenters. The van der Waals surface area contributed by atoms with E-state index in [4.69, 9.17) is 0 Å². The lowest BCUT2D eigenvalue weighted by Crippen LogP contribution is -2.52. The third kappa shape index (κ3) is 4.17. The molecule has 2 fully saturated rings. The van der Waals surface area contributed by atoms with Crippen molar-refractivity contribution in [3.63, 3.8) is 0 Å². The summed E-state index contributed by atoms with van der Waals surface area (Å²) in [6, 6.07) is 5.67. The maximum Gasteiger partial charge on any atom is 0.418 e. The molecule has 8 heteroatoms. The topological polar surface area (TPSA) is 65.5 Å². The molecule has 1 aromatic heterocycles. The molecule has 1 unspecified atom stereocenters. The Morgan fingerprint density at radius 1 is 1.28 bits per heavy atom. The van der Waals surface area contributed by atoms with Crippen LogP contribution in [0.2, 0.25) is 0 Å². The minimum absolute atomic E-state index is 0.0528. The molecule has 1 amide bonds. The second-order valence-electron chi connectivity index (χ2n) is 8.26. The normalized spacial score (nSPS) is 23.8. The van der Waals surface area contributed by atoms with Crippen LogP contribution in [0, 0.1) is 11.8 Å². The van der Waals surface area contributed by atoms with E-state index in [1.807, 2.05) is 11.8 Å². The zero-order valence-corrected chi connectivity index (χ0v) is 16.1. The first-order chi connectivity index (χ1) is 13.7. The molecule has 2 heterocycles. The van der Waals surface area contributed by atoms with Crippen LogP contribution in [0.3, 0.4) is 0 Å². The summed E-state index contributed by atoms with van der Waals surface area (Å²) < 4.78 is 40.1. The molecule has 29 heavy (non-hydrogen) atoms. The van der Waals surface area contributed by atoms with E-state index in [0.717, 1.165) is 25.3 Å². The molecular formula is C21H24F3N3O2. The summed E-state index contributed by atoms with van der Waals surface area (Å²) in [4.78, 5) is 18.3. The number of nitrogens with one attached hydrogen (secondary N) is 1. The van der Waals surface area contributed by atoms with Crippen LogP contribution in [-0.2, 0) is 11.0 Å². The van der Waals surface area contributed by atoms with E-state index in [2.05, 4.69) is 10.3 Å². The average molecular weight is 407 g/mol. The maximum absolute atomic E-state index is 13.4. The lowest BCUT2D eigenvalue weighted by atomic mass is 9.94. The molecule has 156 valence electrons. The SMILES string of the molecule is C[C@H]1C[C@@H](NC(=O)C(O)C2CC2)CN(c2ccc(C(F)(F)F)c3ncccc23)C1. The summed E-state index contributed by atoms with van der Waals surface area (Å²) in [6.45, 7) is 3.20. The van der Waals surface area contributed by atoms with E-state index in [9.17, 15) is 23.1 Å². The third-order valence-electron chi connectivity index (χ3n) is 5.74. The standard InChI is InChI=1S/C21H24F3N3O2/c1-12-9-14(26-20(29)19(28)13-4-5-13)11-27(10-12)17-7-6-16(21(22,23)24)18-15(17)3-2-8-25-18/h2-3,6-8,12-14,19,28H,4-5,9-11H2,1H3,(H,26,29)/t12-,14+,19?/m0/s1. The number of anilines is 1. The van der Waals surface area contributed by atoms with Gasteiger partial charge in [0.05, 0.1) is 11.1 Å². The van der Waals surface area contributed by atoms with Crippen LogP contribution in [0.15, 0.2) is 30.5 Å². The summed E-state index contributed by atoms with van der Waals surface area (Å²) in [5, 5.41) is 13.4.